The zero-order valence-electron chi connectivity index (χ0n) is 26.2. The number of hydrogen-bond donors (Lipinski definition) is 0. The first kappa shape index (κ1) is 28.7. The molecule has 8 nitrogen and oxygen atoms in total. The average Bonchev–Trinajstić information content (AvgIpc) is 3.89. The lowest BCUT2D eigenvalue weighted by molar-refractivity contribution is 0.414. The van der Waals surface area contributed by atoms with Crippen LogP contribution >= 0.6 is 0 Å². The van der Waals surface area contributed by atoms with Gasteiger partial charge in [0.1, 0.15) is 11.5 Å². The summed E-state index contributed by atoms with van der Waals surface area (Å²) in [5.41, 5.74) is 8.45. The number of imidazole rings is 2. The van der Waals surface area contributed by atoms with Crippen LogP contribution in [0.15, 0.2) is 134 Å². The minimum absolute atomic E-state index is 0.846. The predicted molar refractivity (Wildman–Crippen MR) is 184 cm³/mol. The molecule has 4 aromatic heterocycles. The Morgan fingerprint density at radius 3 is 1.20 bits per heavy atom. The van der Waals surface area contributed by atoms with Gasteiger partial charge in [-0.05, 0) is 97.1 Å². The molecule has 8 heteroatoms. The van der Waals surface area contributed by atoms with Gasteiger partial charge in [0.05, 0.1) is 47.7 Å². The van der Waals surface area contributed by atoms with Crippen LogP contribution in [0.2, 0.25) is 0 Å². The Kier molecular flexibility index (Phi) is 7.60. The Balaban J connectivity index is 0.000000147. The van der Waals surface area contributed by atoms with Gasteiger partial charge in [0.2, 0.25) is 0 Å². The number of hydrogen-bond acceptors (Lipinski definition) is 4. The van der Waals surface area contributed by atoms with Gasteiger partial charge in [0, 0.05) is 37.9 Å². The van der Waals surface area contributed by atoms with Crippen molar-refractivity contribution in [3.8, 4) is 45.9 Å². The van der Waals surface area contributed by atoms with Gasteiger partial charge >= 0.3 is 0 Å². The van der Waals surface area contributed by atoms with E-state index in [2.05, 4.69) is 66.8 Å². The topological polar surface area (TPSA) is 64.0 Å². The molecule has 4 aromatic carbocycles. The Bertz CT molecular complexity index is 2090. The zero-order chi connectivity index (χ0) is 31.6. The van der Waals surface area contributed by atoms with Crippen molar-refractivity contribution in [2.75, 3.05) is 14.2 Å². The summed E-state index contributed by atoms with van der Waals surface area (Å²) in [6.07, 6.45) is 4.07. The molecule has 0 aliphatic carbocycles. The van der Waals surface area contributed by atoms with E-state index in [9.17, 15) is 0 Å². The molecular formula is C38H34N6O2. The summed E-state index contributed by atoms with van der Waals surface area (Å²) in [6, 6.07) is 40.7. The molecule has 8 aromatic rings. The summed E-state index contributed by atoms with van der Waals surface area (Å²) in [5.74, 6) is 3.56. The fourth-order valence-electron chi connectivity index (χ4n) is 5.77. The average molecular weight is 607 g/mol. The first-order chi connectivity index (χ1) is 22.6. The smallest absolute Gasteiger partial charge is 0.162 e. The lowest BCUT2D eigenvalue weighted by Crippen LogP contribution is -2.00. The molecule has 0 aliphatic heterocycles. The molecule has 46 heavy (non-hydrogen) atoms. The first-order valence-corrected chi connectivity index (χ1v) is 15.0. The van der Waals surface area contributed by atoms with Gasteiger partial charge in [-0.2, -0.15) is 0 Å². The third-order valence-corrected chi connectivity index (χ3v) is 8.13. The highest BCUT2D eigenvalue weighted by atomic mass is 16.5. The van der Waals surface area contributed by atoms with Gasteiger partial charge in [-0.15, -0.1) is 0 Å². The van der Waals surface area contributed by atoms with E-state index >= 15 is 0 Å². The maximum atomic E-state index is 5.27. The van der Waals surface area contributed by atoms with Crippen LogP contribution in [-0.2, 0) is 14.1 Å². The summed E-state index contributed by atoms with van der Waals surface area (Å²) in [7, 11) is 7.42. The zero-order valence-corrected chi connectivity index (χ0v) is 26.2. The number of aryl methyl sites for hydroxylation is 2. The molecule has 4 heterocycles. The van der Waals surface area contributed by atoms with E-state index in [1.54, 1.807) is 14.2 Å². The van der Waals surface area contributed by atoms with Crippen molar-refractivity contribution >= 4 is 22.1 Å². The second kappa shape index (κ2) is 12.2. The quantitative estimate of drug-likeness (QED) is 0.192. The van der Waals surface area contributed by atoms with Gasteiger partial charge in [-0.25, -0.2) is 9.97 Å². The van der Waals surface area contributed by atoms with Gasteiger partial charge in [0.15, 0.2) is 11.6 Å². The molecule has 8 rings (SSSR count). The number of aromatic nitrogens is 6. The Hall–Kier alpha value is -6.02. The first-order valence-electron chi connectivity index (χ1n) is 15.0. The summed E-state index contributed by atoms with van der Waals surface area (Å²) in [6.45, 7) is 0. The molecule has 228 valence electrons. The van der Waals surface area contributed by atoms with Gasteiger partial charge in [-0.1, -0.05) is 24.3 Å². The fourth-order valence-corrected chi connectivity index (χ4v) is 5.77. The molecule has 0 amide bonds. The largest absolute Gasteiger partial charge is 0.497 e. The van der Waals surface area contributed by atoms with E-state index in [1.807, 2.05) is 99.3 Å². The van der Waals surface area contributed by atoms with Gasteiger partial charge in [0.25, 0.3) is 0 Å². The standard InChI is InChI=1S/2C19H17N3O/c2*1-21-13-5-8-18(21)19-20-16-6-3-4-7-17(16)22(19)14-9-11-15(23-2)12-10-14/h2*3-13H,1-2H3. The van der Waals surface area contributed by atoms with E-state index < -0.39 is 0 Å². The van der Waals surface area contributed by atoms with Gasteiger partial charge < -0.3 is 18.6 Å². The molecule has 0 spiro atoms. The number of rotatable bonds is 6. The van der Waals surface area contributed by atoms with Crippen LogP contribution in [0.25, 0.3) is 56.5 Å². The SMILES string of the molecule is COc1ccc(-n2c(-c3cccn3C)nc3ccccc32)cc1.COc1ccc(-n2c(-c3cccn3C)nc3ccccc32)cc1. The van der Waals surface area contributed by atoms with E-state index in [-0.39, 0.29) is 0 Å². The number of para-hydroxylation sites is 4. The highest BCUT2D eigenvalue weighted by molar-refractivity contribution is 5.83. The predicted octanol–water partition coefficient (Wildman–Crippen LogP) is 8.08. The fraction of sp³-hybridized carbons (Fsp3) is 0.105. The van der Waals surface area contributed by atoms with Crippen LogP contribution in [0.4, 0.5) is 0 Å². The van der Waals surface area contributed by atoms with Crippen molar-refractivity contribution in [2.45, 2.75) is 0 Å². The molecule has 0 saturated heterocycles. The third-order valence-electron chi connectivity index (χ3n) is 8.13. The summed E-state index contributed by atoms with van der Waals surface area (Å²) < 4.78 is 19.1. The van der Waals surface area contributed by atoms with E-state index in [0.29, 0.717) is 0 Å². The minimum Gasteiger partial charge on any atom is -0.497 e. The number of fused-ring (bicyclic) bond motifs is 2. The van der Waals surface area contributed by atoms with Crippen LogP contribution in [-0.4, -0.2) is 42.5 Å². The van der Waals surface area contributed by atoms with Crippen LogP contribution in [0.1, 0.15) is 0 Å². The maximum absolute atomic E-state index is 5.27. The normalized spacial score (nSPS) is 11.0. The second-order valence-corrected chi connectivity index (χ2v) is 10.9. The van der Waals surface area contributed by atoms with E-state index in [1.165, 1.54) is 0 Å². The highest BCUT2D eigenvalue weighted by Crippen LogP contribution is 2.31. The lowest BCUT2D eigenvalue weighted by Gasteiger charge is -2.11. The van der Waals surface area contributed by atoms with Crippen molar-refractivity contribution in [1.29, 1.82) is 0 Å². The number of nitrogens with zero attached hydrogens (tertiary/aromatic N) is 6. The summed E-state index contributed by atoms with van der Waals surface area (Å²) >= 11 is 0. The van der Waals surface area contributed by atoms with Crippen molar-refractivity contribution in [3.63, 3.8) is 0 Å². The molecule has 0 N–H and O–H groups in total. The molecule has 0 radical (unpaired) electrons. The molecule has 0 aliphatic rings. The van der Waals surface area contributed by atoms with Gasteiger partial charge in [-0.3, -0.25) is 9.13 Å². The van der Waals surface area contributed by atoms with Crippen LogP contribution in [0, 0.1) is 0 Å². The Morgan fingerprint density at radius 2 is 0.848 bits per heavy atom. The molecule has 0 fully saturated rings. The van der Waals surface area contributed by atoms with Crippen molar-refractivity contribution in [2.24, 2.45) is 14.1 Å². The monoisotopic (exact) mass is 606 g/mol. The van der Waals surface area contributed by atoms with E-state index in [4.69, 9.17) is 19.4 Å². The molecular weight excluding hydrogens is 572 g/mol. The van der Waals surface area contributed by atoms with Crippen LogP contribution in [0.5, 0.6) is 11.5 Å². The third kappa shape index (κ3) is 5.20. The van der Waals surface area contributed by atoms with Crippen molar-refractivity contribution in [1.82, 2.24) is 28.2 Å². The van der Waals surface area contributed by atoms with E-state index in [0.717, 1.165) is 68.0 Å². The lowest BCUT2D eigenvalue weighted by atomic mass is 10.2. The Labute approximate surface area is 267 Å². The maximum Gasteiger partial charge on any atom is 0.162 e. The van der Waals surface area contributed by atoms with Crippen LogP contribution < -0.4 is 9.47 Å². The minimum atomic E-state index is 0.846. The highest BCUT2D eigenvalue weighted by Gasteiger charge is 2.17. The summed E-state index contributed by atoms with van der Waals surface area (Å²) in [5, 5.41) is 0. The second-order valence-electron chi connectivity index (χ2n) is 10.9. The summed E-state index contributed by atoms with van der Waals surface area (Å²) in [4.78, 5) is 9.69. The number of methoxy groups -OCH3 is 2. The van der Waals surface area contributed by atoms with Crippen molar-refractivity contribution in [3.05, 3.63) is 134 Å². The molecule has 0 saturated carbocycles. The number of ether oxygens (including phenoxy) is 2. The van der Waals surface area contributed by atoms with Crippen LogP contribution in [0.3, 0.4) is 0 Å². The Morgan fingerprint density at radius 1 is 0.457 bits per heavy atom. The molecule has 0 unspecified atom stereocenters. The molecule has 0 bridgehead atoms. The number of benzene rings is 4. The molecule has 0 atom stereocenters. The van der Waals surface area contributed by atoms with Crippen molar-refractivity contribution < 1.29 is 9.47 Å².